The van der Waals surface area contributed by atoms with Gasteiger partial charge in [0.05, 0.1) is 52.0 Å². The van der Waals surface area contributed by atoms with E-state index in [4.69, 9.17) is 30.5 Å². The van der Waals surface area contributed by atoms with Gasteiger partial charge in [-0.25, -0.2) is 29.1 Å². The molecule has 0 bridgehead atoms. The van der Waals surface area contributed by atoms with E-state index in [0.29, 0.717) is 61.8 Å². The van der Waals surface area contributed by atoms with Gasteiger partial charge in [-0.2, -0.15) is 0 Å². The van der Waals surface area contributed by atoms with Crippen LogP contribution in [0.25, 0.3) is 0 Å². The van der Waals surface area contributed by atoms with Gasteiger partial charge in [0.15, 0.2) is 0 Å². The van der Waals surface area contributed by atoms with Crippen molar-refractivity contribution in [3.05, 3.63) is 116 Å². The maximum absolute atomic E-state index is 11.7. The minimum absolute atomic E-state index is 0.0910. The summed E-state index contributed by atoms with van der Waals surface area (Å²) in [6.45, 7) is 12.4. The van der Waals surface area contributed by atoms with Gasteiger partial charge in [0.1, 0.15) is 34.1 Å². The van der Waals surface area contributed by atoms with Crippen LogP contribution in [-0.4, -0.2) is 96.0 Å². The molecule has 2 aromatic carbocycles. The smallest absolute Gasteiger partial charge is 0.407 e. The van der Waals surface area contributed by atoms with Crippen LogP contribution in [0.15, 0.2) is 72.8 Å². The number of esters is 2. The number of pyridine rings is 2. The van der Waals surface area contributed by atoms with E-state index < -0.39 is 35.3 Å². The fraction of sp³-hybridized carbons (Fsp3) is 0.375. The number of hydrogen-bond donors (Lipinski definition) is 4. The summed E-state index contributed by atoms with van der Waals surface area (Å²) in [6.07, 6.45) is 5.76. The molecular weight excluding hydrogens is 951 g/mol. The first-order valence-electron chi connectivity index (χ1n) is 20.2. The van der Waals surface area contributed by atoms with Crippen LogP contribution in [0.1, 0.15) is 103 Å². The molecule has 0 fully saturated rings. The fourth-order valence-electron chi connectivity index (χ4n) is 4.75. The van der Waals surface area contributed by atoms with Crippen LogP contribution < -0.4 is 20.1 Å². The van der Waals surface area contributed by atoms with E-state index in [9.17, 15) is 24.3 Å². The van der Waals surface area contributed by atoms with E-state index in [1.165, 1.54) is 20.3 Å². The summed E-state index contributed by atoms with van der Waals surface area (Å²) in [4.78, 5) is 53.6. The van der Waals surface area contributed by atoms with Gasteiger partial charge < -0.3 is 49.3 Å². The molecular formula is C48H57IN4O12. The molecule has 4 N–H and O–H groups in total. The second-order valence-corrected chi connectivity index (χ2v) is 16.6. The van der Waals surface area contributed by atoms with Gasteiger partial charge >= 0.3 is 24.1 Å². The SMILES string of the molecule is C#Cc1ccc(OCCCNC(=O)OC(C)(C)C)cc1.COC(=O)c1cc(C#Cc2ccc(OCCCNC(=O)OC(C)(C)C)cc2)cc(CO)n1.COC(=O)c1cc(I)cc(CO)n1. The predicted octanol–water partition coefficient (Wildman–Crippen LogP) is 6.98. The molecule has 65 heavy (non-hydrogen) atoms. The number of carbonyl (C=O) groups is 4. The third kappa shape index (κ3) is 23.7. The second kappa shape index (κ2) is 28.4. The lowest BCUT2D eigenvalue weighted by Crippen LogP contribution is -2.33. The topological polar surface area (TPSA) is 214 Å². The van der Waals surface area contributed by atoms with E-state index in [0.717, 1.165) is 20.4 Å². The van der Waals surface area contributed by atoms with E-state index in [1.807, 2.05) is 101 Å². The number of aliphatic hydroxyl groups excluding tert-OH is 2. The van der Waals surface area contributed by atoms with Crippen molar-refractivity contribution in [3.63, 3.8) is 0 Å². The first-order valence-corrected chi connectivity index (χ1v) is 21.3. The van der Waals surface area contributed by atoms with E-state index >= 15 is 0 Å². The molecule has 0 saturated heterocycles. The monoisotopic (exact) mass is 1010 g/mol. The third-order valence-corrected chi connectivity index (χ3v) is 8.20. The number of aromatic nitrogens is 2. The van der Waals surface area contributed by atoms with Crippen molar-refractivity contribution in [3.8, 4) is 35.7 Å². The van der Waals surface area contributed by atoms with Crippen molar-refractivity contribution in [2.45, 2.75) is 78.8 Å². The highest BCUT2D eigenvalue weighted by atomic mass is 127. The van der Waals surface area contributed by atoms with Gasteiger partial charge in [0.25, 0.3) is 0 Å². The van der Waals surface area contributed by atoms with Crippen molar-refractivity contribution in [1.82, 2.24) is 20.6 Å². The number of carbonyl (C=O) groups excluding carboxylic acids is 4. The normalized spacial score (nSPS) is 10.4. The molecule has 0 radical (unpaired) electrons. The summed E-state index contributed by atoms with van der Waals surface area (Å²) in [6, 6.07) is 21.0. The lowest BCUT2D eigenvalue weighted by atomic mass is 10.1. The zero-order valence-electron chi connectivity index (χ0n) is 37.9. The number of benzene rings is 2. The number of alkyl carbamates (subject to hydrolysis) is 2. The molecule has 2 amide bonds. The molecule has 0 unspecified atom stereocenters. The highest BCUT2D eigenvalue weighted by Gasteiger charge is 2.16. The summed E-state index contributed by atoms with van der Waals surface area (Å²) < 4.78 is 31.5. The fourth-order valence-corrected chi connectivity index (χ4v) is 5.41. The number of terminal acetylenes is 1. The van der Waals surface area contributed by atoms with Crippen LogP contribution in [0.4, 0.5) is 9.59 Å². The highest BCUT2D eigenvalue weighted by Crippen LogP contribution is 2.15. The van der Waals surface area contributed by atoms with Gasteiger partial charge in [-0.1, -0.05) is 17.8 Å². The van der Waals surface area contributed by atoms with Crippen molar-refractivity contribution < 1.29 is 57.8 Å². The number of hydrogen-bond acceptors (Lipinski definition) is 14. The second-order valence-electron chi connectivity index (χ2n) is 15.4. The summed E-state index contributed by atoms with van der Waals surface area (Å²) in [5.41, 5.74) is 2.24. The predicted molar refractivity (Wildman–Crippen MR) is 251 cm³/mol. The molecule has 17 heteroatoms. The number of rotatable bonds is 14. The molecule has 0 atom stereocenters. The van der Waals surface area contributed by atoms with Crippen LogP contribution in [-0.2, 0) is 32.2 Å². The van der Waals surface area contributed by atoms with Crippen LogP contribution >= 0.6 is 22.6 Å². The van der Waals surface area contributed by atoms with Crippen molar-refractivity contribution in [2.24, 2.45) is 0 Å². The van der Waals surface area contributed by atoms with E-state index in [1.54, 1.807) is 30.3 Å². The molecule has 16 nitrogen and oxygen atoms in total. The van der Waals surface area contributed by atoms with Crippen molar-refractivity contribution >= 4 is 46.7 Å². The van der Waals surface area contributed by atoms with Crippen LogP contribution in [0.2, 0.25) is 0 Å². The standard InChI is InChI=1S/C24H28N2O6.C16H21NO3.C8H8INO3/c1-24(2,3)32-23(29)25-12-5-13-31-20-10-8-17(9-11-20)6-7-18-14-19(16-27)26-21(15-18)22(28)30-4;1-5-13-7-9-14(10-8-13)19-12-6-11-17-15(18)20-16(2,3)4;1-13-8(12)7-3-5(9)2-6(4-11)10-7/h8-11,14-15,27H,5,12-13,16H2,1-4H3,(H,25,29);1,7-10H,6,11-12H2,2-4H3,(H,17,18);2-3,11H,4H2,1H3. The molecule has 0 aliphatic heterocycles. The number of halogens is 1. The lowest BCUT2D eigenvalue weighted by molar-refractivity contribution is 0.0513. The minimum atomic E-state index is -0.592. The molecule has 0 aliphatic rings. The zero-order valence-corrected chi connectivity index (χ0v) is 40.1. The number of nitrogens with one attached hydrogen (secondary N) is 2. The Bertz CT molecular complexity index is 2250. The first kappa shape index (κ1) is 54.7. The van der Waals surface area contributed by atoms with Gasteiger partial charge in [-0.15, -0.1) is 6.42 Å². The van der Waals surface area contributed by atoms with Gasteiger partial charge in [-0.3, -0.25) is 0 Å². The Morgan fingerprint density at radius 1 is 0.631 bits per heavy atom. The van der Waals surface area contributed by atoms with Crippen LogP contribution in [0, 0.1) is 27.8 Å². The maximum Gasteiger partial charge on any atom is 0.407 e. The molecule has 2 heterocycles. The van der Waals surface area contributed by atoms with E-state index in [2.05, 4.69) is 47.8 Å². The number of amides is 2. The van der Waals surface area contributed by atoms with Gasteiger partial charge in [-0.05, 0) is 150 Å². The molecule has 0 saturated carbocycles. The largest absolute Gasteiger partial charge is 0.494 e. The molecule has 4 rings (SSSR count). The van der Waals surface area contributed by atoms with Gasteiger partial charge in [0.2, 0.25) is 0 Å². The third-order valence-electron chi connectivity index (χ3n) is 7.58. The maximum atomic E-state index is 11.7. The Morgan fingerprint density at radius 2 is 1.05 bits per heavy atom. The molecule has 0 aliphatic carbocycles. The summed E-state index contributed by atoms with van der Waals surface area (Å²) in [7, 11) is 2.56. The Morgan fingerprint density at radius 3 is 1.46 bits per heavy atom. The molecule has 2 aromatic heterocycles. The lowest BCUT2D eigenvalue weighted by Gasteiger charge is -2.19. The quantitative estimate of drug-likeness (QED) is 0.0330. The summed E-state index contributed by atoms with van der Waals surface area (Å²) in [5, 5.41) is 23.5. The minimum Gasteiger partial charge on any atom is -0.494 e. The Balaban J connectivity index is 0.000000373. The number of aliphatic hydroxyl groups is 2. The Hall–Kier alpha value is -6.41. The average molecular weight is 1010 g/mol. The average Bonchev–Trinajstić information content (AvgIpc) is 3.27. The number of ether oxygens (including phenoxy) is 6. The molecule has 0 spiro atoms. The molecule has 348 valence electrons. The van der Waals surface area contributed by atoms with Crippen molar-refractivity contribution in [1.29, 1.82) is 0 Å². The van der Waals surface area contributed by atoms with E-state index in [-0.39, 0.29) is 24.6 Å². The molecule has 4 aromatic rings. The Kier molecular flexibility index (Phi) is 23.9. The van der Waals surface area contributed by atoms with Crippen molar-refractivity contribution in [2.75, 3.05) is 40.5 Å². The first-order chi connectivity index (χ1) is 30.8. The van der Waals surface area contributed by atoms with Gasteiger partial charge in [0, 0.05) is 33.4 Å². The summed E-state index contributed by atoms with van der Waals surface area (Å²) in [5.74, 6) is 8.87. The highest BCUT2D eigenvalue weighted by molar-refractivity contribution is 14.1. The van der Waals surface area contributed by atoms with Crippen LogP contribution in [0.3, 0.4) is 0 Å². The summed E-state index contributed by atoms with van der Waals surface area (Å²) >= 11 is 2.05. The Labute approximate surface area is 394 Å². The zero-order chi connectivity index (χ0) is 48.4. The van der Waals surface area contributed by atoms with Crippen LogP contribution in [0.5, 0.6) is 11.5 Å². The number of nitrogens with zero attached hydrogens (tertiary/aromatic N) is 2. The number of methoxy groups -OCH3 is 2.